The standard InChI is InChI=1S/C17H28N4O2/c18-16-12-2-1-11(9-12)15(16)17(23)21-7-5-20(6-8-21)10-14(22)19-13-3-4-13/h11-13,15-16H,1-10,18H2,(H,19,22). The lowest BCUT2D eigenvalue weighted by molar-refractivity contribution is -0.139. The molecule has 128 valence electrons. The van der Waals surface area contributed by atoms with E-state index in [1.54, 1.807) is 0 Å². The number of amides is 2. The van der Waals surface area contributed by atoms with E-state index in [1.165, 1.54) is 12.8 Å². The number of rotatable bonds is 4. The molecule has 1 saturated heterocycles. The number of hydrogen-bond acceptors (Lipinski definition) is 4. The third-order valence-electron chi connectivity index (χ3n) is 6.26. The van der Waals surface area contributed by atoms with Crippen molar-refractivity contribution in [3.05, 3.63) is 0 Å². The zero-order valence-electron chi connectivity index (χ0n) is 13.7. The first-order valence-corrected chi connectivity index (χ1v) is 9.18. The first-order valence-electron chi connectivity index (χ1n) is 9.18. The highest BCUT2D eigenvalue weighted by atomic mass is 16.2. The second kappa shape index (κ2) is 6.06. The molecule has 4 atom stereocenters. The van der Waals surface area contributed by atoms with Crippen molar-refractivity contribution in [3.63, 3.8) is 0 Å². The Morgan fingerprint density at radius 1 is 1.00 bits per heavy atom. The molecule has 2 amide bonds. The normalized spacial score (nSPS) is 37.2. The fourth-order valence-corrected chi connectivity index (χ4v) is 4.74. The van der Waals surface area contributed by atoms with E-state index in [0.717, 1.165) is 45.4 Å². The topological polar surface area (TPSA) is 78.7 Å². The van der Waals surface area contributed by atoms with E-state index in [2.05, 4.69) is 10.2 Å². The van der Waals surface area contributed by atoms with Crippen molar-refractivity contribution in [1.29, 1.82) is 0 Å². The molecule has 4 aliphatic rings. The summed E-state index contributed by atoms with van der Waals surface area (Å²) in [6.45, 7) is 3.51. The van der Waals surface area contributed by atoms with Gasteiger partial charge in [-0.25, -0.2) is 0 Å². The summed E-state index contributed by atoms with van der Waals surface area (Å²) in [5.74, 6) is 1.54. The lowest BCUT2D eigenvalue weighted by atomic mass is 9.84. The molecular weight excluding hydrogens is 292 g/mol. The Hall–Kier alpha value is -1.14. The average molecular weight is 320 g/mol. The summed E-state index contributed by atoms with van der Waals surface area (Å²) < 4.78 is 0. The molecule has 4 unspecified atom stereocenters. The van der Waals surface area contributed by atoms with Crippen molar-refractivity contribution in [2.24, 2.45) is 23.5 Å². The molecule has 1 aliphatic heterocycles. The molecule has 6 nitrogen and oxygen atoms in total. The minimum Gasteiger partial charge on any atom is -0.352 e. The lowest BCUT2D eigenvalue weighted by Crippen LogP contribution is -2.55. The number of carbonyl (C=O) groups excluding carboxylic acids is 2. The maximum atomic E-state index is 12.8. The van der Waals surface area contributed by atoms with E-state index in [4.69, 9.17) is 5.73 Å². The predicted octanol–water partition coefficient (Wildman–Crippen LogP) is -0.217. The van der Waals surface area contributed by atoms with E-state index in [0.29, 0.717) is 24.4 Å². The van der Waals surface area contributed by atoms with Crippen LogP contribution in [0.25, 0.3) is 0 Å². The van der Waals surface area contributed by atoms with E-state index < -0.39 is 0 Å². The highest BCUT2D eigenvalue weighted by molar-refractivity contribution is 5.81. The Bertz CT molecular complexity index is 483. The Kier molecular flexibility index (Phi) is 4.05. The molecule has 3 N–H and O–H groups in total. The summed E-state index contributed by atoms with van der Waals surface area (Å²) in [6, 6.07) is 0.494. The largest absolute Gasteiger partial charge is 0.352 e. The van der Waals surface area contributed by atoms with Crippen molar-refractivity contribution < 1.29 is 9.59 Å². The van der Waals surface area contributed by atoms with Gasteiger partial charge < -0.3 is 16.0 Å². The molecule has 0 aromatic heterocycles. The van der Waals surface area contributed by atoms with Gasteiger partial charge in [0.2, 0.25) is 11.8 Å². The molecule has 1 heterocycles. The predicted molar refractivity (Wildman–Crippen MR) is 86.5 cm³/mol. The van der Waals surface area contributed by atoms with Gasteiger partial charge in [-0.2, -0.15) is 0 Å². The Balaban J connectivity index is 1.26. The molecule has 4 fully saturated rings. The second-order valence-electron chi connectivity index (χ2n) is 7.88. The first kappa shape index (κ1) is 15.4. The van der Waals surface area contributed by atoms with Crippen LogP contribution in [0.15, 0.2) is 0 Å². The number of nitrogens with two attached hydrogens (primary N) is 1. The molecule has 6 heteroatoms. The number of fused-ring (bicyclic) bond motifs is 2. The van der Waals surface area contributed by atoms with Crippen molar-refractivity contribution in [2.45, 2.75) is 44.2 Å². The van der Waals surface area contributed by atoms with Gasteiger partial charge in [-0.1, -0.05) is 0 Å². The zero-order chi connectivity index (χ0) is 16.0. The minimum absolute atomic E-state index is 0.0541. The number of nitrogens with one attached hydrogen (secondary N) is 1. The van der Waals surface area contributed by atoms with Crippen LogP contribution in [0.3, 0.4) is 0 Å². The van der Waals surface area contributed by atoms with E-state index >= 15 is 0 Å². The van der Waals surface area contributed by atoms with E-state index in [9.17, 15) is 9.59 Å². The first-order chi connectivity index (χ1) is 11.1. The third-order valence-corrected chi connectivity index (χ3v) is 6.26. The molecule has 3 saturated carbocycles. The number of hydrogen-bond donors (Lipinski definition) is 2. The number of piperazine rings is 1. The number of nitrogens with zero attached hydrogens (tertiary/aromatic N) is 2. The third kappa shape index (κ3) is 3.11. The Morgan fingerprint density at radius 2 is 1.70 bits per heavy atom. The monoisotopic (exact) mass is 320 g/mol. The quantitative estimate of drug-likeness (QED) is 0.751. The van der Waals surface area contributed by atoms with Gasteiger partial charge in [0.1, 0.15) is 0 Å². The van der Waals surface area contributed by atoms with Gasteiger partial charge in [0, 0.05) is 38.3 Å². The molecule has 0 spiro atoms. The van der Waals surface area contributed by atoms with Gasteiger partial charge in [0.05, 0.1) is 12.5 Å². The van der Waals surface area contributed by atoms with Crippen molar-refractivity contribution in [1.82, 2.24) is 15.1 Å². The van der Waals surface area contributed by atoms with E-state index in [1.807, 2.05) is 4.90 Å². The number of carbonyl (C=O) groups is 2. The molecule has 0 aromatic carbocycles. The van der Waals surface area contributed by atoms with E-state index in [-0.39, 0.29) is 23.8 Å². The highest BCUT2D eigenvalue weighted by Gasteiger charge is 2.50. The average Bonchev–Trinajstić information content (AvgIpc) is 3.12. The molecular formula is C17H28N4O2. The van der Waals surface area contributed by atoms with Crippen LogP contribution in [0, 0.1) is 17.8 Å². The fourth-order valence-electron chi connectivity index (χ4n) is 4.74. The molecule has 3 aliphatic carbocycles. The van der Waals surface area contributed by atoms with Crippen LogP contribution in [0.5, 0.6) is 0 Å². The molecule has 0 radical (unpaired) electrons. The summed E-state index contributed by atoms with van der Waals surface area (Å²) in [5.41, 5.74) is 6.31. The van der Waals surface area contributed by atoms with Gasteiger partial charge in [-0.05, 0) is 43.9 Å². The van der Waals surface area contributed by atoms with Crippen LogP contribution in [0.1, 0.15) is 32.1 Å². The van der Waals surface area contributed by atoms with Gasteiger partial charge in [0.25, 0.3) is 0 Å². The van der Waals surface area contributed by atoms with Crippen LogP contribution in [0.2, 0.25) is 0 Å². The van der Waals surface area contributed by atoms with Crippen LogP contribution in [-0.4, -0.2) is 66.4 Å². The second-order valence-corrected chi connectivity index (χ2v) is 7.88. The van der Waals surface area contributed by atoms with Crippen molar-refractivity contribution >= 4 is 11.8 Å². The highest BCUT2D eigenvalue weighted by Crippen LogP contribution is 2.48. The fraction of sp³-hybridized carbons (Fsp3) is 0.882. The Morgan fingerprint density at radius 3 is 2.30 bits per heavy atom. The smallest absolute Gasteiger partial charge is 0.234 e. The van der Waals surface area contributed by atoms with Gasteiger partial charge in [-0.3, -0.25) is 14.5 Å². The van der Waals surface area contributed by atoms with Crippen LogP contribution >= 0.6 is 0 Å². The van der Waals surface area contributed by atoms with Crippen LogP contribution < -0.4 is 11.1 Å². The summed E-state index contributed by atoms with van der Waals surface area (Å²) in [5, 5.41) is 3.03. The molecule has 23 heavy (non-hydrogen) atoms. The summed E-state index contributed by atoms with van der Waals surface area (Å²) >= 11 is 0. The zero-order valence-corrected chi connectivity index (χ0v) is 13.7. The van der Waals surface area contributed by atoms with Crippen LogP contribution in [-0.2, 0) is 9.59 Å². The molecule has 4 rings (SSSR count). The minimum atomic E-state index is 0.0541. The summed E-state index contributed by atoms with van der Waals surface area (Å²) in [4.78, 5) is 28.8. The van der Waals surface area contributed by atoms with Gasteiger partial charge in [-0.15, -0.1) is 0 Å². The maximum Gasteiger partial charge on any atom is 0.234 e. The molecule has 0 aromatic rings. The SMILES string of the molecule is NC1C2CCC(C2)C1C(=O)N1CCN(CC(=O)NC2CC2)CC1. The van der Waals surface area contributed by atoms with Gasteiger partial charge >= 0.3 is 0 Å². The summed E-state index contributed by atoms with van der Waals surface area (Å²) in [6.07, 6.45) is 5.78. The Labute approximate surface area is 137 Å². The molecule has 2 bridgehead atoms. The maximum absolute atomic E-state index is 12.8. The van der Waals surface area contributed by atoms with Gasteiger partial charge in [0.15, 0.2) is 0 Å². The lowest BCUT2D eigenvalue weighted by Gasteiger charge is -2.38. The van der Waals surface area contributed by atoms with Crippen molar-refractivity contribution in [3.8, 4) is 0 Å². The summed E-state index contributed by atoms with van der Waals surface area (Å²) in [7, 11) is 0. The van der Waals surface area contributed by atoms with Crippen LogP contribution in [0.4, 0.5) is 0 Å². The van der Waals surface area contributed by atoms with Crippen molar-refractivity contribution in [2.75, 3.05) is 32.7 Å².